The number of para-hydroxylation sites is 1. The first kappa shape index (κ1) is 23.4. The van der Waals surface area contributed by atoms with Crippen LogP contribution in [0, 0.1) is 0 Å². The Morgan fingerprint density at radius 3 is 2.41 bits per heavy atom. The zero-order chi connectivity index (χ0) is 23.9. The summed E-state index contributed by atoms with van der Waals surface area (Å²) in [6.45, 7) is -0.221. The summed E-state index contributed by atoms with van der Waals surface area (Å²) in [6.07, 6.45) is 3.37. The number of nitrogens with one attached hydrogen (secondary N) is 2. The first-order valence-corrected chi connectivity index (χ1v) is 11.4. The molecule has 0 spiro atoms. The highest BCUT2D eigenvalue weighted by Gasteiger charge is 2.12. The summed E-state index contributed by atoms with van der Waals surface area (Å²) >= 11 is 9.27. The summed E-state index contributed by atoms with van der Waals surface area (Å²) in [5.74, 6) is -0.836. The lowest BCUT2D eigenvalue weighted by Gasteiger charge is -2.04. The molecule has 1 heterocycles. The number of nitrogens with zero attached hydrogens (tertiary/aromatic N) is 3. The third-order valence-electron chi connectivity index (χ3n) is 4.79. The minimum absolute atomic E-state index is 0.221. The van der Waals surface area contributed by atoms with Crippen molar-refractivity contribution >= 4 is 45.6 Å². The molecule has 3 aromatic carbocycles. The molecule has 0 atom stereocenters. The van der Waals surface area contributed by atoms with Crippen LogP contribution in [0.3, 0.4) is 0 Å². The van der Waals surface area contributed by atoms with E-state index in [1.165, 1.54) is 6.21 Å². The number of amides is 2. The summed E-state index contributed by atoms with van der Waals surface area (Å²) in [5, 5.41) is 11.8. The molecule has 4 rings (SSSR count). The first-order valence-electron chi connectivity index (χ1n) is 10.3. The highest BCUT2D eigenvalue weighted by molar-refractivity contribution is 9.10. The second kappa shape index (κ2) is 10.9. The van der Waals surface area contributed by atoms with Crippen molar-refractivity contribution in [3.8, 4) is 16.9 Å². The number of benzene rings is 3. The van der Waals surface area contributed by atoms with Gasteiger partial charge in [-0.05, 0) is 48.5 Å². The Hall–Kier alpha value is -3.75. The number of rotatable bonds is 7. The Kier molecular flexibility index (Phi) is 7.51. The summed E-state index contributed by atoms with van der Waals surface area (Å²) in [4.78, 5) is 24.3. The van der Waals surface area contributed by atoms with E-state index in [-0.39, 0.29) is 12.5 Å². The quantitative estimate of drug-likeness (QED) is 0.262. The number of hydrogen-bond donors (Lipinski definition) is 2. The fraction of sp³-hybridized carbons (Fsp3) is 0.0400. The number of halogens is 2. The molecule has 0 saturated heterocycles. The van der Waals surface area contributed by atoms with Crippen LogP contribution < -0.4 is 10.7 Å². The lowest BCUT2D eigenvalue weighted by molar-refractivity contribution is -0.120. The van der Waals surface area contributed by atoms with Crippen molar-refractivity contribution in [3.63, 3.8) is 0 Å². The van der Waals surface area contributed by atoms with Crippen molar-refractivity contribution < 1.29 is 9.59 Å². The lowest BCUT2D eigenvalue weighted by Crippen LogP contribution is -2.34. The average Bonchev–Trinajstić information content (AvgIpc) is 3.28. The highest BCUT2D eigenvalue weighted by Crippen LogP contribution is 2.24. The van der Waals surface area contributed by atoms with Gasteiger partial charge < -0.3 is 5.32 Å². The maximum absolute atomic E-state index is 12.2. The van der Waals surface area contributed by atoms with Crippen LogP contribution in [-0.2, 0) is 4.79 Å². The van der Waals surface area contributed by atoms with Gasteiger partial charge in [-0.25, -0.2) is 10.1 Å². The van der Waals surface area contributed by atoms with E-state index in [1.54, 1.807) is 28.9 Å². The monoisotopic (exact) mass is 535 g/mol. The van der Waals surface area contributed by atoms with Crippen molar-refractivity contribution in [2.75, 3.05) is 6.54 Å². The van der Waals surface area contributed by atoms with E-state index in [2.05, 4.69) is 31.8 Å². The Bertz CT molecular complexity index is 1320. The van der Waals surface area contributed by atoms with Crippen LogP contribution >= 0.6 is 27.5 Å². The molecule has 2 amide bonds. The molecule has 7 nitrogen and oxygen atoms in total. The van der Waals surface area contributed by atoms with E-state index < -0.39 is 5.91 Å². The number of carbonyl (C=O) groups is 2. The van der Waals surface area contributed by atoms with Gasteiger partial charge in [-0.1, -0.05) is 57.9 Å². The van der Waals surface area contributed by atoms with Gasteiger partial charge in [0.2, 0.25) is 0 Å². The van der Waals surface area contributed by atoms with Gasteiger partial charge in [0.15, 0.2) is 0 Å². The Labute approximate surface area is 209 Å². The zero-order valence-electron chi connectivity index (χ0n) is 17.8. The number of hydrogen-bond acceptors (Lipinski definition) is 4. The second-order valence-electron chi connectivity index (χ2n) is 7.20. The van der Waals surface area contributed by atoms with E-state index in [1.807, 2.05) is 60.8 Å². The van der Waals surface area contributed by atoms with Gasteiger partial charge in [0, 0.05) is 32.4 Å². The normalized spacial score (nSPS) is 10.9. The van der Waals surface area contributed by atoms with Gasteiger partial charge in [0.25, 0.3) is 11.8 Å². The molecule has 0 aliphatic rings. The van der Waals surface area contributed by atoms with E-state index in [0.29, 0.717) is 16.3 Å². The fourth-order valence-electron chi connectivity index (χ4n) is 3.10. The molecule has 2 N–H and O–H groups in total. The smallest absolute Gasteiger partial charge is 0.259 e. The predicted molar refractivity (Wildman–Crippen MR) is 136 cm³/mol. The molecular formula is C25H19BrClN5O2. The molecule has 1 aromatic heterocycles. The van der Waals surface area contributed by atoms with E-state index in [9.17, 15) is 9.59 Å². The van der Waals surface area contributed by atoms with Crippen molar-refractivity contribution in [2.45, 2.75) is 0 Å². The molecule has 0 radical (unpaired) electrons. The van der Waals surface area contributed by atoms with E-state index in [0.717, 1.165) is 21.3 Å². The van der Waals surface area contributed by atoms with E-state index >= 15 is 0 Å². The van der Waals surface area contributed by atoms with Crippen molar-refractivity contribution in [1.82, 2.24) is 20.5 Å². The molecule has 0 bridgehead atoms. The largest absolute Gasteiger partial charge is 0.343 e. The van der Waals surface area contributed by atoms with Gasteiger partial charge in [-0.2, -0.15) is 10.2 Å². The number of carbonyl (C=O) groups excluding carboxylic acids is 2. The van der Waals surface area contributed by atoms with Crippen molar-refractivity contribution in [1.29, 1.82) is 0 Å². The van der Waals surface area contributed by atoms with E-state index in [4.69, 9.17) is 16.7 Å². The fourth-order valence-corrected chi connectivity index (χ4v) is 3.49. The summed E-state index contributed by atoms with van der Waals surface area (Å²) < 4.78 is 2.72. The van der Waals surface area contributed by atoms with Gasteiger partial charge >= 0.3 is 0 Å². The molecule has 170 valence electrons. The molecule has 4 aromatic rings. The van der Waals surface area contributed by atoms with Crippen LogP contribution in [0.25, 0.3) is 16.9 Å². The minimum Gasteiger partial charge on any atom is -0.343 e. The molecule has 0 aliphatic heterocycles. The number of aromatic nitrogens is 2. The topological polar surface area (TPSA) is 88.4 Å². The Morgan fingerprint density at radius 1 is 1.00 bits per heavy atom. The molecule has 0 fully saturated rings. The number of hydrazone groups is 1. The lowest BCUT2D eigenvalue weighted by atomic mass is 10.1. The maximum Gasteiger partial charge on any atom is 0.259 e. The second-order valence-corrected chi connectivity index (χ2v) is 8.55. The summed E-state index contributed by atoms with van der Waals surface area (Å²) in [7, 11) is 0. The highest BCUT2D eigenvalue weighted by atomic mass is 79.9. The third kappa shape index (κ3) is 5.98. The van der Waals surface area contributed by atoms with Gasteiger partial charge in [0.1, 0.15) is 5.69 Å². The van der Waals surface area contributed by atoms with Crippen LogP contribution in [0.2, 0.25) is 5.02 Å². The Morgan fingerprint density at radius 2 is 1.71 bits per heavy atom. The Balaban J connectivity index is 1.45. The molecule has 9 heteroatoms. The van der Waals surface area contributed by atoms with Gasteiger partial charge in [-0.3, -0.25) is 9.59 Å². The molecule has 0 unspecified atom stereocenters. The maximum atomic E-state index is 12.2. The predicted octanol–water partition coefficient (Wildman–Crippen LogP) is 4.84. The average molecular weight is 537 g/mol. The van der Waals surface area contributed by atoms with Crippen LogP contribution in [0.4, 0.5) is 0 Å². The third-order valence-corrected chi connectivity index (χ3v) is 5.57. The van der Waals surface area contributed by atoms with Gasteiger partial charge in [-0.15, -0.1) is 0 Å². The summed E-state index contributed by atoms with van der Waals surface area (Å²) in [6, 6.07) is 23.9. The molecule has 0 saturated carbocycles. The molecule has 0 aliphatic carbocycles. The standard InChI is InChI=1S/C25H19BrClN5O2/c26-20-10-6-17(7-11-20)24-19(16-32(31-24)22-4-2-1-3-5-22)14-29-30-23(33)15-28-25(34)18-8-12-21(27)13-9-18/h1-14,16H,15H2,(H,28,34)(H,30,33)/b29-14+. The summed E-state index contributed by atoms with van der Waals surface area (Å²) in [5.41, 5.74) is 6.08. The minimum atomic E-state index is -0.459. The van der Waals surface area contributed by atoms with Crippen LogP contribution in [0.15, 0.2) is 94.6 Å². The van der Waals surface area contributed by atoms with Gasteiger partial charge in [0.05, 0.1) is 18.4 Å². The molecule has 34 heavy (non-hydrogen) atoms. The molecular weight excluding hydrogens is 518 g/mol. The van der Waals surface area contributed by atoms with Crippen LogP contribution in [0.5, 0.6) is 0 Å². The van der Waals surface area contributed by atoms with Crippen molar-refractivity contribution in [2.24, 2.45) is 5.10 Å². The van der Waals surface area contributed by atoms with Crippen molar-refractivity contribution in [3.05, 3.63) is 106 Å². The van der Waals surface area contributed by atoms with Crippen LogP contribution in [0.1, 0.15) is 15.9 Å². The van der Waals surface area contributed by atoms with Crippen LogP contribution in [-0.4, -0.2) is 34.4 Å². The SMILES string of the molecule is O=C(CNC(=O)c1ccc(Cl)cc1)N/N=C/c1cn(-c2ccccc2)nc1-c1ccc(Br)cc1. The first-order chi connectivity index (χ1) is 16.5. The zero-order valence-corrected chi connectivity index (χ0v) is 20.1.